The first-order valence-corrected chi connectivity index (χ1v) is 7.21. The molecular weight excluding hydrogens is 244 g/mol. The van der Waals surface area contributed by atoms with E-state index in [1.54, 1.807) is 0 Å². The summed E-state index contributed by atoms with van der Waals surface area (Å²) in [6.45, 7) is 7.47. The largest absolute Gasteiger partial charge is 0.361 e. The molecule has 1 N–H and O–H groups in total. The Hall–Kier alpha value is -1.33. The predicted octanol–water partition coefficient (Wildman–Crippen LogP) is 2.10. The summed E-state index contributed by atoms with van der Waals surface area (Å²) in [5, 5.41) is 10.8. The molecule has 3 rings (SSSR count). The van der Waals surface area contributed by atoms with Gasteiger partial charge in [-0.2, -0.15) is 5.10 Å². The monoisotopic (exact) mass is 262 g/mol. The van der Waals surface area contributed by atoms with Gasteiger partial charge in [-0.1, -0.05) is 0 Å². The van der Waals surface area contributed by atoms with Crippen molar-refractivity contribution in [3.63, 3.8) is 0 Å². The van der Waals surface area contributed by atoms with Crippen LogP contribution in [0.5, 0.6) is 0 Å². The van der Waals surface area contributed by atoms with Crippen LogP contribution in [0.4, 0.5) is 5.00 Å². The van der Waals surface area contributed by atoms with Gasteiger partial charge in [0.25, 0.3) is 0 Å². The number of thiophene rings is 1. The highest BCUT2D eigenvalue weighted by atomic mass is 32.1. The molecule has 0 bridgehead atoms. The molecule has 1 fully saturated rings. The van der Waals surface area contributed by atoms with E-state index in [0.717, 1.165) is 44.1 Å². The van der Waals surface area contributed by atoms with E-state index in [2.05, 4.69) is 43.6 Å². The quantitative estimate of drug-likeness (QED) is 0.920. The summed E-state index contributed by atoms with van der Waals surface area (Å²) in [5.41, 5.74) is 2.29. The topological polar surface area (TPSA) is 35.2 Å². The van der Waals surface area contributed by atoms with Crippen LogP contribution in [0.1, 0.15) is 11.4 Å². The van der Waals surface area contributed by atoms with E-state index in [1.165, 1.54) is 5.00 Å². The van der Waals surface area contributed by atoms with Crippen molar-refractivity contribution in [3.8, 4) is 0 Å². The second kappa shape index (κ2) is 5.12. The number of hydrogen-bond acceptors (Lipinski definition) is 4. The molecule has 96 valence electrons. The Morgan fingerprint density at radius 2 is 2.17 bits per heavy atom. The van der Waals surface area contributed by atoms with Crippen LogP contribution in [0.3, 0.4) is 0 Å². The number of aromatic amines is 1. The van der Waals surface area contributed by atoms with Crippen LogP contribution in [0.2, 0.25) is 0 Å². The minimum atomic E-state index is 0.961. The van der Waals surface area contributed by atoms with Crippen LogP contribution in [0.15, 0.2) is 23.6 Å². The fourth-order valence-corrected chi connectivity index (χ4v) is 3.15. The highest BCUT2D eigenvalue weighted by Gasteiger charge is 2.18. The first-order chi connectivity index (χ1) is 8.81. The summed E-state index contributed by atoms with van der Waals surface area (Å²) in [6.07, 6.45) is 0. The lowest BCUT2D eigenvalue weighted by molar-refractivity contribution is 0.247. The molecule has 2 aromatic rings. The van der Waals surface area contributed by atoms with Crippen molar-refractivity contribution < 1.29 is 0 Å². The fraction of sp³-hybridized carbons (Fsp3) is 0.462. The summed E-state index contributed by atoms with van der Waals surface area (Å²) in [5.74, 6) is 0. The molecule has 1 aliphatic heterocycles. The second-order valence-electron chi connectivity index (χ2n) is 4.76. The molecule has 0 spiro atoms. The Bertz CT molecular complexity index is 483. The number of aryl methyl sites for hydroxylation is 1. The SMILES string of the molecule is Cc1cc(CN2CCN(c3cccs3)CC2)n[nH]1. The Kier molecular flexibility index (Phi) is 3.34. The van der Waals surface area contributed by atoms with Crippen LogP contribution < -0.4 is 4.90 Å². The number of anilines is 1. The lowest BCUT2D eigenvalue weighted by Crippen LogP contribution is -2.45. The molecule has 0 aromatic carbocycles. The molecule has 1 aliphatic rings. The fourth-order valence-electron chi connectivity index (χ4n) is 2.36. The Labute approximate surface area is 111 Å². The van der Waals surface area contributed by atoms with Crippen molar-refractivity contribution in [2.75, 3.05) is 31.1 Å². The molecule has 0 saturated carbocycles. The summed E-state index contributed by atoms with van der Waals surface area (Å²) in [4.78, 5) is 4.94. The number of piperazine rings is 1. The number of aromatic nitrogens is 2. The van der Waals surface area contributed by atoms with Crippen LogP contribution in [0.25, 0.3) is 0 Å². The molecule has 3 heterocycles. The molecule has 2 aromatic heterocycles. The van der Waals surface area contributed by atoms with Crippen molar-refractivity contribution in [1.29, 1.82) is 0 Å². The third kappa shape index (κ3) is 2.57. The standard InChI is InChI=1S/C13H18N4S/c1-11-9-12(15-14-11)10-16-4-6-17(7-5-16)13-3-2-8-18-13/h2-3,8-9H,4-7,10H2,1H3,(H,14,15). The maximum absolute atomic E-state index is 4.30. The molecule has 0 unspecified atom stereocenters. The molecule has 1 saturated heterocycles. The van der Waals surface area contributed by atoms with Gasteiger partial charge in [0.1, 0.15) is 0 Å². The first-order valence-electron chi connectivity index (χ1n) is 6.33. The van der Waals surface area contributed by atoms with Gasteiger partial charge in [0, 0.05) is 38.4 Å². The number of hydrogen-bond donors (Lipinski definition) is 1. The zero-order chi connectivity index (χ0) is 12.4. The van der Waals surface area contributed by atoms with Crippen molar-refractivity contribution in [2.45, 2.75) is 13.5 Å². The normalized spacial score (nSPS) is 17.3. The zero-order valence-electron chi connectivity index (χ0n) is 10.6. The van der Waals surface area contributed by atoms with Gasteiger partial charge < -0.3 is 4.90 Å². The molecule has 0 radical (unpaired) electrons. The van der Waals surface area contributed by atoms with Gasteiger partial charge in [-0.15, -0.1) is 11.3 Å². The molecule has 0 amide bonds. The van der Waals surface area contributed by atoms with Crippen LogP contribution >= 0.6 is 11.3 Å². The average Bonchev–Trinajstić information content (AvgIpc) is 3.02. The maximum atomic E-state index is 4.30. The van der Waals surface area contributed by atoms with Gasteiger partial charge in [0.15, 0.2) is 0 Å². The van der Waals surface area contributed by atoms with Crippen molar-refractivity contribution in [3.05, 3.63) is 35.0 Å². The van der Waals surface area contributed by atoms with Crippen LogP contribution in [-0.4, -0.2) is 41.3 Å². The summed E-state index contributed by atoms with van der Waals surface area (Å²) < 4.78 is 0. The van der Waals surface area contributed by atoms with E-state index in [-0.39, 0.29) is 0 Å². The predicted molar refractivity (Wildman–Crippen MR) is 75.1 cm³/mol. The molecule has 18 heavy (non-hydrogen) atoms. The molecule has 0 atom stereocenters. The lowest BCUT2D eigenvalue weighted by Gasteiger charge is -2.34. The van der Waals surface area contributed by atoms with E-state index in [4.69, 9.17) is 0 Å². The Balaban J connectivity index is 1.54. The number of H-pyrrole nitrogens is 1. The average molecular weight is 262 g/mol. The molecule has 4 nitrogen and oxygen atoms in total. The van der Waals surface area contributed by atoms with Gasteiger partial charge in [-0.25, -0.2) is 0 Å². The summed E-state index contributed by atoms with van der Waals surface area (Å²) >= 11 is 1.83. The van der Waals surface area contributed by atoms with Crippen molar-refractivity contribution >= 4 is 16.3 Å². The minimum Gasteiger partial charge on any atom is -0.361 e. The van der Waals surface area contributed by atoms with Crippen LogP contribution in [0, 0.1) is 6.92 Å². The summed E-state index contributed by atoms with van der Waals surface area (Å²) in [7, 11) is 0. The van der Waals surface area contributed by atoms with Gasteiger partial charge in [0.05, 0.1) is 10.7 Å². The van der Waals surface area contributed by atoms with Gasteiger partial charge in [-0.3, -0.25) is 10.00 Å². The molecule has 5 heteroatoms. The molecule has 0 aliphatic carbocycles. The number of rotatable bonds is 3. The highest BCUT2D eigenvalue weighted by molar-refractivity contribution is 7.14. The molecular formula is C13H18N4S. The Morgan fingerprint density at radius 1 is 1.33 bits per heavy atom. The highest BCUT2D eigenvalue weighted by Crippen LogP contribution is 2.22. The number of nitrogens with zero attached hydrogens (tertiary/aromatic N) is 3. The zero-order valence-corrected chi connectivity index (χ0v) is 11.4. The van der Waals surface area contributed by atoms with E-state index in [1.807, 2.05) is 18.3 Å². The van der Waals surface area contributed by atoms with E-state index < -0.39 is 0 Å². The first kappa shape index (κ1) is 11.7. The van der Waals surface area contributed by atoms with Gasteiger partial charge in [-0.05, 0) is 30.5 Å². The number of nitrogens with one attached hydrogen (secondary N) is 1. The summed E-state index contributed by atoms with van der Waals surface area (Å²) in [6, 6.07) is 6.46. The second-order valence-corrected chi connectivity index (χ2v) is 5.68. The third-order valence-electron chi connectivity index (χ3n) is 3.33. The van der Waals surface area contributed by atoms with E-state index in [9.17, 15) is 0 Å². The van der Waals surface area contributed by atoms with Crippen molar-refractivity contribution in [2.24, 2.45) is 0 Å². The Morgan fingerprint density at radius 3 is 2.78 bits per heavy atom. The smallest absolute Gasteiger partial charge is 0.0909 e. The van der Waals surface area contributed by atoms with Crippen molar-refractivity contribution in [1.82, 2.24) is 15.1 Å². The third-order valence-corrected chi connectivity index (χ3v) is 4.26. The van der Waals surface area contributed by atoms with Crippen LogP contribution in [-0.2, 0) is 6.54 Å². The lowest BCUT2D eigenvalue weighted by atomic mass is 10.3. The van der Waals surface area contributed by atoms with E-state index >= 15 is 0 Å². The minimum absolute atomic E-state index is 0.961. The van der Waals surface area contributed by atoms with Gasteiger partial charge >= 0.3 is 0 Å². The maximum Gasteiger partial charge on any atom is 0.0909 e. The van der Waals surface area contributed by atoms with E-state index in [0.29, 0.717) is 0 Å². The van der Waals surface area contributed by atoms with Gasteiger partial charge in [0.2, 0.25) is 0 Å².